The fourth-order valence-electron chi connectivity index (χ4n) is 2.31. The number of hydrogen-bond acceptors (Lipinski definition) is 2. The fourth-order valence-corrected chi connectivity index (χ4v) is 3.81. The van der Waals surface area contributed by atoms with E-state index in [1.807, 2.05) is 0 Å². The van der Waals surface area contributed by atoms with Gasteiger partial charge < -0.3 is 4.74 Å². The topological polar surface area (TPSA) is 9.23 Å². The van der Waals surface area contributed by atoms with Gasteiger partial charge in [0, 0.05) is 11.2 Å². The predicted molar refractivity (Wildman–Crippen MR) is 67.2 cm³/mol. The van der Waals surface area contributed by atoms with Crippen LogP contribution in [0, 0.1) is 5.41 Å². The van der Waals surface area contributed by atoms with E-state index in [2.05, 4.69) is 24.9 Å². The molecule has 86 valence electrons. The SMILES string of the molecule is CC1(COC=C2CCCCC2)CCSC1. The van der Waals surface area contributed by atoms with Gasteiger partial charge in [0.05, 0.1) is 12.9 Å². The zero-order valence-corrected chi connectivity index (χ0v) is 10.6. The van der Waals surface area contributed by atoms with Crippen molar-refractivity contribution in [3.63, 3.8) is 0 Å². The van der Waals surface area contributed by atoms with Gasteiger partial charge in [-0.25, -0.2) is 0 Å². The first-order valence-electron chi connectivity index (χ1n) is 6.16. The second kappa shape index (κ2) is 5.29. The van der Waals surface area contributed by atoms with Gasteiger partial charge in [-0.2, -0.15) is 11.8 Å². The minimum atomic E-state index is 0.441. The van der Waals surface area contributed by atoms with Crippen LogP contribution in [0.2, 0.25) is 0 Å². The molecule has 1 atom stereocenters. The Hall–Kier alpha value is -0.110. The molecular formula is C13H22OS. The van der Waals surface area contributed by atoms with Crippen LogP contribution >= 0.6 is 11.8 Å². The van der Waals surface area contributed by atoms with Gasteiger partial charge in [-0.05, 0) is 43.4 Å². The van der Waals surface area contributed by atoms with Gasteiger partial charge >= 0.3 is 0 Å². The molecule has 1 saturated carbocycles. The minimum Gasteiger partial charge on any atom is -0.501 e. The second-order valence-corrected chi connectivity index (χ2v) is 6.37. The smallest absolute Gasteiger partial charge is 0.0935 e. The summed E-state index contributed by atoms with van der Waals surface area (Å²) in [6.45, 7) is 3.27. The molecule has 0 radical (unpaired) electrons. The zero-order chi connectivity index (χ0) is 10.6. The van der Waals surface area contributed by atoms with Crippen LogP contribution in [0.25, 0.3) is 0 Å². The number of thioether (sulfide) groups is 1. The average Bonchev–Trinajstić information content (AvgIpc) is 2.67. The Labute approximate surface area is 97.7 Å². The second-order valence-electron chi connectivity index (χ2n) is 5.26. The van der Waals surface area contributed by atoms with Crippen molar-refractivity contribution in [2.75, 3.05) is 18.1 Å². The molecule has 0 aromatic carbocycles. The van der Waals surface area contributed by atoms with E-state index in [-0.39, 0.29) is 0 Å². The molecule has 1 aliphatic heterocycles. The van der Waals surface area contributed by atoms with E-state index >= 15 is 0 Å². The van der Waals surface area contributed by atoms with E-state index in [4.69, 9.17) is 4.74 Å². The van der Waals surface area contributed by atoms with E-state index in [1.165, 1.54) is 55.6 Å². The van der Waals surface area contributed by atoms with Crippen LogP contribution in [0.1, 0.15) is 45.4 Å². The highest BCUT2D eigenvalue weighted by molar-refractivity contribution is 7.99. The van der Waals surface area contributed by atoms with E-state index in [0.717, 1.165) is 6.61 Å². The third-order valence-corrected chi connectivity index (χ3v) is 4.87. The zero-order valence-electron chi connectivity index (χ0n) is 9.76. The van der Waals surface area contributed by atoms with Crippen LogP contribution in [0.3, 0.4) is 0 Å². The largest absolute Gasteiger partial charge is 0.501 e. The number of allylic oxidation sites excluding steroid dienone is 1. The lowest BCUT2D eigenvalue weighted by Gasteiger charge is -2.22. The van der Waals surface area contributed by atoms with Crippen LogP contribution in [0.4, 0.5) is 0 Å². The molecule has 2 aliphatic rings. The fraction of sp³-hybridized carbons (Fsp3) is 0.846. The van der Waals surface area contributed by atoms with Crippen molar-refractivity contribution < 1.29 is 4.74 Å². The summed E-state index contributed by atoms with van der Waals surface area (Å²) < 4.78 is 5.78. The standard InChI is InChI=1S/C13H22OS/c1-13(7-8-15-11-13)10-14-9-12-5-3-2-4-6-12/h9H,2-8,10-11H2,1H3. The Morgan fingerprint density at radius 3 is 2.80 bits per heavy atom. The van der Waals surface area contributed by atoms with Gasteiger partial charge in [-0.15, -0.1) is 0 Å². The van der Waals surface area contributed by atoms with Crippen LogP contribution in [-0.2, 0) is 4.74 Å². The summed E-state index contributed by atoms with van der Waals surface area (Å²) in [5.74, 6) is 2.59. The maximum absolute atomic E-state index is 5.78. The van der Waals surface area contributed by atoms with E-state index < -0.39 is 0 Å². The molecule has 2 heteroatoms. The Balaban J connectivity index is 1.73. The highest BCUT2D eigenvalue weighted by Gasteiger charge is 2.29. The normalized spacial score (nSPS) is 31.7. The van der Waals surface area contributed by atoms with Crippen LogP contribution < -0.4 is 0 Å². The molecular weight excluding hydrogens is 204 g/mol. The lowest BCUT2D eigenvalue weighted by atomic mass is 9.91. The Bertz CT molecular complexity index is 221. The van der Waals surface area contributed by atoms with E-state index in [9.17, 15) is 0 Å². The maximum atomic E-state index is 5.78. The third kappa shape index (κ3) is 3.44. The summed E-state index contributed by atoms with van der Waals surface area (Å²) in [4.78, 5) is 0. The number of hydrogen-bond donors (Lipinski definition) is 0. The molecule has 0 aromatic heterocycles. The Kier molecular flexibility index (Phi) is 4.01. The first kappa shape index (κ1) is 11.4. The molecule has 15 heavy (non-hydrogen) atoms. The number of ether oxygens (including phenoxy) is 1. The summed E-state index contributed by atoms with van der Waals surface area (Å²) in [5, 5.41) is 0. The summed E-state index contributed by atoms with van der Waals surface area (Å²) in [7, 11) is 0. The summed E-state index contributed by atoms with van der Waals surface area (Å²) in [6, 6.07) is 0. The van der Waals surface area contributed by atoms with Gasteiger partial charge in [0.2, 0.25) is 0 Å². The highest BCUT2D eigenvalue weighted by Crippen LogP contribution is 2.35. The van der Waals surface area contributed by atoms with Gasteiger partial charge in [0.15, 0.2) is 0 Å². The first-order valence-corrected chi connectivity index (χ1v) is 7.31. The molecule has 0 spiro atoms. The van der Waals surface area contributed by atoms with E-state index in [0.29, 0.717) is 5.41 Å². The van der Waals surface area contributed by atoms with Crippen molar-refractivity contribution >= 4 is 11.8 Å². The lowest BCUT2D eigenvalue weighted by Crippen LogP contribution is -2.21. The van der Waals surface area contributed by atoms with Crippen molar-refractivity contribution in [3.05, 3.63) is 11.8 Å². The van der Waals surface area contributed by atoms with Gasteiger partial charge in [0.1, 0.15) is 0 Å². The molecule has 1 heterocycles. The van der Waals surface area contributed by atoms with Crippen LogP contribution in [0.15, 0.2) is 11.8 Å². The quantitative estimate of drug-likeness (QED) is 0.673. The molecule has 0 bridgehead atoms. The summed E-state index contributed by atoms with van der Waals surface area (Å²) in [5.41, 5.74) is 1.98. The van der Waals surface area contributed by atoms with Crippen molar-refractivity contribution in [1.82, 2.24) is 0 Å². The summed E-state index contributed by atoms with van der Waals surface area (Å²) >= 11 is 2.07. The average molecular weight is 226 g/mol. The van der Waals surface area contributed by atoms with Crippen molar-refractivity contribution in [2.24, 2.45) is 5.41 Å². The molecule has 2 fully saturated rings. The molecule has 0 amide bonds. The molecule has 1 unspecified atom stereocenters. The molecule has 1 saturated heterocycles. The molecule has 2 rings (SSSR count). The van der Waals surface area contributed by atoms with Gasteiger partial charge in [-0.1, -0.05) is 13.3 Å². The van der Waals surface area contributed by atoms with Gasteiger partial charge in [0.25, 0.3) is 0 Å². The van der Waals surface area contributed by atoms with E-state index in [1.54, 1.807) is 0 Å². The van der Waals surface area contributed by atoms with Crippen molar-refractivity contribution in [1.29, 1.82) is 0 Å². The van der Waals surface area contributed by atoms with Crippen LogP contribution in [-0.4, -0.2) is 18.1 Å². The lowest BCUT2D eigenvalue weighted by molar-refractivity contribution is 0.140. The Morgan fingerprint density at radius 1 is 1.33 bits per heavy atom. The highest BCUT2D eigenvalue weighted by atomic mass is 32.2. The maximum Gasteiger partial charge on any atom is 0.0935 e. The van der Waals surface area contributed by atoms with Crippen molar-refractivity contribution in [3.8, 4) is 0 Å². The third-order valence-electron chi connectivity index (χ3n) is 3.48. The molecule has 1 aliphatic carbocycles. The Morgan fingerprint density at radius 2 is 2.13 bits per heavy atom. The predicted octanol–water partition coefficient (Wildman–Crippen LogP) is 3.99. The van der Waals surface area contributed by atoms with Crippen molar-refractivity contribution in [2.45, 2.75) is 45.4 Å². The first-order chi connectivity index (χ1) is 7.29. The molecule has 0 N–H and O–H groups in total. The summed E-state index contributed by atoms with van der Waals surface area (Å²) in [6.07, 6.45) is 10.1. The van der Waals surface area contributed by atoms with Crippen LogP contribution in [0.5, 0.6) is 0 Å². The monoisotopic (exact) mass is 226 g/mol. The van der Waals surface area contributed by atoms with Gasteiger partial charge in [-0.3, -0.25) is 0 Å². The minimum absolute atomic E-state index is 0.441. The molecule has 1 nitrogen and oxygen atoms in total. The number of rotatable bonds is 3. The molecule has 0 aromatic rings.